The Morgan fingerprint density at radius 2 is 1.95 bits per heavy atom. The molecule has 1 aliphatic rings. The third kappa shape index (κ3) is 3.16. The lowest BCUT2D eigenvalue weighted by atomic mass is 9.75. The molecule has 0 saturated heterocycles. The van der Waals surface area contributed by atoms with Crippen molar-refractivity contribution in [2.45, 2.75) is 50.2 Å². The Hall–Kier alpha value is -0.640. The fraction of sp³-hybridized carbons (Fsp3) is 0.625. The summed E-state index contributed by atoms with van der Waals surface area (Å²) in [7, 11) is 4.03. The van der Waals surface area contributed by atoms with Crippen LogP contribution in [-0.2, 0) is 6.42 Å². The molecule has 2 nitrogen and oxygen atoms in total. The van der Waals surface area contributed by atoms with Gasteiger partial charge < -0.3 is 10.0 Å². The summed E-state index contributed by atoms with van der Waals surface area (Å²) in [5.41, 5.74) is 0.472. The maximum absolute atomic E-state index is 13.3. The van der Waals surface area contributed by atoms with Crippen LogP contribution in [0.5, 0.6) is 0 Å². The summed E-state index contributed by atoms with van der Waals surface area (Å²) >= 11 is 6.11. The first-order chi connectivity index (χ1) is 9.45. The molecule has 1 aromatic carbocycles. The normalized spacial score (nSPS) is 20.1. The molecular weight excluding hydrogens is 277 g/mol. The van der Waals surface area contributed by atoms with Gasteiger partial charge in [0.2, 0.25) is 0 Å². The Morgan fingerprint density at radius 1 is 1.30 bits per heavy atom. The molecule has 20 heavy (non-hydrogen) atoms. The van der Waals surface area contributed by atoms with E-state index in [4.69, 9.17) is 11.6 Å². The molecule has 0 spiro atoms. The van der Waals surface area contributed by atoms with E-state index in [2.05, 4.69) is 4.90 Å². The van der Waals surface area contributed by atoms with Crippen LogP contribution in [0.1, 0.15) is 37.7 Å². The van der Waals surface area contributed by atoms with Crippen molar-refractivity contribution >= 4 is 11.6 Å². The molecule has 1 aromatic rings. The fourth-order valence-corrected chi connectivity index (χ4v) is 3.54. The smallest absolute Gasteiger partial charge is 0.123 e. The zero-order chi connectivity index (χ0) is 14.8. The Labute approximate surface area is 125 Å². The number of nitrogens with zero attached hydrogens (tertiary/aromatic N) is 1. The number of hydrogen-bond acceptors (Lipinski definition) is 2. The number of halogens is 2. The van der Waals surface area contributed by atoms with Crippen LogP contribution >= 0.6 is 11.6 Å². The SMILES string of the molecule is CN(C)C1(C(O)Cc2cc(F)ccc2Cl)CCCCC1. The van der Waals surface area contributed by atoms with E-state index in [1.165, 1.54) is 18.6 Å². The number of aliphatic hydroxyl groups is 1. The van der Waals surface area contributed by atoms with Crippen molar-refractivity contribution in [1.29, 1.82) is 0 Å². The second-order valence-corrected chi connectivity index (χ2v) is 6.42. The zero-order valence-electron chi connectivity index (χ0n) is 12.2. The second kappa shape index (κ2) is 6.42. The summed E-state index contributed by atoms with van der Waals surface area (Å²) in [6.45, 7) is 0. The molecule has 112 valence electrons. The topological polar surface area (TPSA) is 23.5 Å². The molecular formula is C16H23ClFNO. The van der Waals surface area contributed by atoms with E-state index < -0.39 is 6.10 Å². The van der Waals surface area contributed by atoms with Gasteiger partial charge in [0.25, 0.3) is 0 Å². The van der Waals surface area contributed by atoms with Crippen molar-refractivity contribution in [1.82, 2.24) is 4.90 Å². The van der Waals surface area contributed by atoms with Gasteiger partial charge in [-0.1, -0.05) is 30.9 Å². The van der Waals surface area contributed by atoms with Crippen LogP contribution in [0.4, 0.5) is 4.39 Å². The Kier molecular flexibility index (Phi) is 5.05. The van der Waals surface area contributed by atoms with Crippen LogP contribution in [0.2, 0.25) is 5.02 Å². The van der Waals surface area contributed by atoms with Crippen LogP contribution in [0.25, 0.3) is 0 Å². The highest BCUT2D eigenvalue weighted by Crippen LogP contribution is 2.37. The maximum Gasteiger partial charge on any atom is 0.123 e. The predicted octanol–water partition coefficient (Wildman–Crippen LogP) is 3.65. The van der Waals surface area contributed by atoms with Crippen molar-refractivity contribution in [3.05, 3.63) is 34.6 Å². The molecule has 4 heteroatoms. The van der Waals surface area contributed by atoms with Gasteiger partial charge in [-0.2, -0.15) is 0 Å². The van der Waals surface area contributed by atoms with Crippen molar-refractivity contribution < 1.29 is 9.50 Å². The molecule has 1 atom stereocenters. The lowest BCUT2D eigenvalue weighted by molar-refractivity contribution is -0.0310. The number of likely N-dealkylation sites (N-methyl/N-ethyl adjacent to an activating group) is 1. The first-order valence-corrected chi connectivity index (χ1v) is 7.63. The summed E-state index contributed by atoms with van der Waals surface area (Å²) in [6, 6.07) is 4.33. The molecule has 0 bridgehead atoms. The van der Waals surface area contributed by atoms with E-state index in [1.54, 1.807) is 6.07 Å². The van der Waals surface area contributed by atoms with Gasteiger partial charge in [-0.3, -0.25) is 0 Å². The van der Waals surface area contributed by atoms with Crippen molar-refractivity contribution in [2.24, 2.45) is 0 Å². The zero-order valence-corrected chi connectivity index (χ0v) is 13.0. The van der Waals surface area contributed by atoms with Gasteiger partial charge in [0, 0.05) is 17.0 Å². The highest BCUT2D eigenvalue weighted by atomic mass is 35.5. The highest BCUT2D eigenvalue weighted by Gasteiger charge is 2.41. The van der Waals surface area contributed by atoms with E-state index in [0.717, 1.165) is 25.7 Å². The van der Waals surface area contributed by atoms with Gasteiger partial charge in [0.1, 0.15) is 5.82 Å². The Morgan fingerprint density at radius 3 is 2.55 bits per heavy atom. The van der Waals surface area contributed by atoms with Crippen LogP contribution in [0, 0.1) is 5.82 Å². The van der Waals surface area contributed by atoms with Crippen LogP contribution in [0.15, 0.2) is 18.2 Å². The van der Waals surface area contributed by atoms with Gasteiger partial charge in [0.15, 0.2) is 0 Å². The highest BCUT2D eigenvalue weighted by molar-refractivity contribution is 6.31. The Balaban J connectivity index is 2.20. The molecule has 2 rings (SSSR count). The predicted molar refractivity (Wildman–Crippen MR) is 80.6 cm³/mol. The van der Waals surface area contributed by atoms with Crippen LogP contribution in [-0.4, -0.2) is 35.7 Å². The van der Waals surface area contributed by atoms with Gasteiger partial charge in [-0.05, 0) is 50.7 Å². The van der Waals surface area contributed by atoms with Gasteiger partial charge in [-0.15, -0.1) is 0 Å². The molecule has 0 radical (unpaired) electrons. The summed E-state index contributed by atoms with van der Waals surface area (Å²) in [5.74, 6) is -0.306. The molecule has 0 heterocycles. The van der Waals surface area contributed by atoms with Crippen LogP contribution < -0.4 is 0 Å². The second-order valence-electron chi connectivity index (χ2n) is 6.01. The first-order valence-electron chi connectivity index (χ1n) is 7.25. The Bertz CT molecular complexity index is 458. The average molecular weight is 300 g/mol. The average Bonchev–Trinajstić information content (AvgIpc) is 2.43. The minimum Gasteiger partial charge on any atom is -0.391 e. The monoisotopic (exact) mass is 299 g/mol. The van der Waals surface area contributed by atoms with Crippen molar-refractivity contribution in [3.63, 3.8) is 0 Å². The molecule has 0 amide bonds. The van der Waals surface area contributed by atoms with Crippen LogP contribution in [0.3, 0.4) is 0 Å². The standard InChI is InChI=1S/C16H23ClFNO/c1-19(2)16(8-4-3-5-9-16)15(20)11-12-10-13(18)6-7-14(12)17/h6-7,10,15,20H,3-5,8-9,11H2,1-2H3. The molecule has 1 fully saturated rings. The van der Waals surface area contributed by atoms with E-state index in [9.17, 15) is 9.50 Å². The minimum atomic E-state index is -0.530. The van der Waals surface area contributed by atoms with Gasteiger partial charge in [-0.25, -0.2) is 4.39 Å². The van der Waals surface area contributed by atoms with E-state index >= 15 is 0 Å². The maximum atomic E-state index is 13.3. The molecule has 0 aliphatic heterocycles. The summed E-state index contributed by atoms with van der Waals surface area (Å²) in [5, 5.41) is 11.3. The number of aliphatic hydroxyl groups excluding tert-OH is 1. The number of rotatable bonds is 4. The summed E-state index contributed by atoms with van der Waals surface area (Å²) < 4.78 is 13.3. The lowest BCUT2D eigenvalue weighted by Gasteiger charge is -2.46. The number of benzene rings is 1. The van der Waals surface area contributed by atoms with Gasteiger partial charge in [0.05, 0.1) is 6.10 Å². The van der Waals surface area contributed by atoms with Crippen molar-refractivity contribution in [3.8, 4) is 0 Å². The number of hydrogen-bond donors (Lipinski definition) is 1. The first kappa shape index (κ1) is 15.7. The van der Waals surface area contributed by atoms with E-state index in [-0.39, 0.29) is 11.4 Å². The third-order valence-electron chi connectivity index (χ3n) is 4.65. The molecule has 1 aliphatic carbocycles. The fourth-order valence-electron chi connectivity index (χ4n) is 3.34. The minimum absolute atomic E-state index is 0.214. The summed E-state index contributed by atoms with van der Waals surface area (Å²) in [6.07, 6.45) is 5.32. The molecule has 0 aromatic heterocycles. The van der Waals surface area contributed by atoms with E-state index in [1.807, 2.05) is 14.1 Å². The molecule has 1 N–H and O–H groups in total. The molecule has 1 saturated carbocycles. The largest absolute Gasteiger partial charge is 0.391 e. The van der Waals surface area contributed by atoms with Crippen molar-refractivity contribution in [2.75, 3.05) is 14.1 Å². The molecule has 1 unspecified atom stereocenters. The van der Waals surface area contributed by atoms with Gasteiger partial charge >= 0.3 is 0 Å². The summed E-state index contributed by atoms with van der Waals surface area (Å²) in [4.78, 5) is 2.13. The third-order valence-corrected chi connectivity index (χ3v) is 5.02. The lowest BCUT2D eigenvalue weighted by Crippen LogP contribution is -2.55. The van der Waals surface area contributed by atoms with E-state index in [0.29, 0.717) is 17.0 Å². The quantitative estimate of drug-likeness (QED) is 0.917.